The van der Waals surface area contributed by atoms with Crippen molar-refractivity contribution in [1.29, 1.82) is 0 Å². The molecule has 0 atom stereocenters. The first-order valence-electron chi connectivity index (χ1n) is 9.48. The molecule has 0 fully saturated rings. The van der Waals surface area contributed by atoms with Crippen molar-refractivity contribution >= 4 is 75.0 Å². The van der Waals surface area contributed by atoms with Gasteiger partial charge >= 0.3 is 0 Å². The quantitative estimate of drug-likeness (QED) is 0.274. The van der Waals surface area contributed by atoms with E-state index in [1.807, 2.05) is 0 Å². The van der Waals surface area contributed by atoms with E-state index in [-0.39, 0.29) is 0 Å². The number of para-hydroxylation sites is 1. The summed E-state index contributed by atoms with van der Waals surface area (Å²) in [5, 5.41) is 7.10. The van der Waals surface area contributed by atoms with E-state index in [1.54, 1.807) is 22.7 Å². The number of benzene rings is 4. The third-order valence-electron chi connectivity index (χ3n) is 5.55. The van der Waals surface area contributed by atoms with Gasteiger partial charge in [-0.15, -0.1) is 22.7 Å². The van der Waals surface area contributed by atoms with Gasteiger partial charge in [0.25, 0.3) is 0 Å². The molecule has 136 valence electrons. The average molecular weight is 408 g/mol. The molecule has 0 bridgehead atoms. The maximum atomic E-state index is 6.38. The van der Waals surface area contributed by atoms with Crippen molar-refractivity contribution in [3.63, 3.8) is 0 Å². The summed E-state index contributed by atoms with van der Waals surface area (Å²) in [5.41, 5.74) is 2.92. The Labute approximate surface area is 173 Å². The molecule has 0 unspecified atom stereocenters. The number of fused-ring (bicyclic) bond motifs is 8. The molecule has 3 heterocycles. The Morgan fingerprint density at radius 3 is 2.48 bits per heavy atom. The lowest BCUT2D eigenvalue weighted by molar-refractivity contribution is 0.670. The Kier molecular flexibility index (Phi) is 3.06. The largest absolute Gasteiger partial charge is 0.455 e. The van der Waals surface area contributed by atoms with Crippen molar-refractivity contribution in [1.82, 2.24) is 4.98 Å². The highest BCUT2D eigenvalue weighted by Gasteiger charge is 2.18. The fourth-order valence-corrected chi connectivity index (χ4v) is 6.61. The summed E-state index contributed by atoms with van der Waals surface area (Å²) in [5.74, 6) is 0. The number of furan rings is 1. The Hall–Kier alpha value is -3.21. The molecule has 0 saturated carbocycles. The molecule has 0 aliphatic rings. The van der Waals surface area contributed by atoms with E-state index in [0.717, 1.165) is 32.0 Å². The van der Waals surface area contributed by atoms with Crippen LogP contribution in [0.5, 0.6) is 0 Å². The van der Waals surface area contributed by atoms with Crippen molar-refractivity contribution in [2.75, 3.05) is 0 Å². The molecule has 29 heavy (non-hydrogen) atoms. The number of thiophene rings is 1. The molecule has 0 N–H and O–H groups in total. The predicted molar refractivity (Wildman–Crippen MR) is 125 cm³/mol. The summed E-state index contributed by atoms with van der Waals surface area (Å²) < 4.78 is 8.93. The van der Waals surface area contributed by atoms with Crippen molar-refractivity contribution in [3.05, 3.63) is 78.9 Å². The molecule has 2 nitrogen and oxygen atoms in total. The SMILES string of the molecule is c1ccc2c(c1)ccc1oc3c(-c4nc5sc6ccccc6c5s4)cccc3c12. The molecule has 4 heteroatoms. The van der Waals surface area contributed by atoms with Crippen LogP contribution in [0.2, 0.25) is 0 Å². The van der Waals surface area contributed by atoms with Crippen molar-refractivity contribution < 1.29 is 4.42 Å². The zero-order valence-corrected chi connectivity index (χ0v) is 16.8. The summed E-state index contributed by atoms with van der Waals surface area (Å²) in [7, 11) is 0. The van der Waals surface area contributed by atoms with E-state index >= 15 is 0 Å². The van der Waals surface area contributed by atoms with Crippen molar-refractivity contribution in [2.45, 2.75) is 0 Å². The van der Waals surface area contributed by atoms with Gasteiger partial charge in [-0.2, -0.15) is 0 Å². The summed E-state index contributed by atoms with van der Waals surface area (Å²) >= 11 is 3.51. The predicted octanol–water partition coefficient (Wildman–Crippen LogP) is 8.23. The van der Waals surface area contributed by atoms with Gasteiger partial charge in [0.15, 0.2) is 0 Å². The zero-order valence-electron chi connectivity index (χ0n) is 15.2. The fraction of sp³-hybridized carbons (Fsp3) is 0. The number of hydrogen-bond donors (Lipinski definition) is 0. The van der Waals surface area contributed by atoms with Gasteiger partial charge in [0.2, 0.25) is 0 Å². The van der Waals surface area contributed by atoms with Crippen molar-refractivity contribution in [2.24, 2.45) is 0 Å². The van der Waals surface area contributed by atoms with E-state index in [4.69, 9.17) is 9.40 Å². The molecule has 7 rings (SSSR count). The molecule has 3 aromatic heterocycles. The standard InChI is InChI=1S/C25H13NOS2/c1-2-7-15-14(6-1)12-13-19-21(15)17-9-5-10-18(22(17)27-19)24-26-25-23(29-24)16-8-3-4-11-20(16)28-25/h1-13H. The number of aromatic nitrogens is 1. The van der Waals surface area contributed by atoms with Crippen LogP contribution < -0.4 is 0 Å². The van der Waals surface area contributed by atoms with E-state index < -0.39 is 0 Å². The molecule has 0 amide bonds. The molecule has 0 saturated heterocycles. The van der Waals surface area contributed by atoms with Crippen LogP contribution >= 0.6 is 22.7 Å². The molecule has 0 aliphatic carbocycles. The third kappa shape index (κ3) is 2.13. The van der Waals surface area contributed by atoms with Crippen LogP contribution in [0.15, 0.2) is 83.3 Å². The number of nitrogens with zero attached hydrogens (tertiary/aromatic N) is 1. The second-order valence-corrected chi connectivity index (χ2v) is 9.23. The molecular weight excluding hydrogens is 394 g/mol. The molecule has 4 aromatic carbocycles. The average Bonchev–Trinajstić information content (AvgIpc) is 3.44. The molecule has 0 radical (unpaired) electrons. The highest BCUT2D eigenvalue weighted by atomic mass is 32.1. The highest BCUT2D eigenvalue weighted by Crippen LogP contribution is 2.44. The van der Waals surface area contributed by atoms with Gasteiger partial charge in [0.1, 0.15) is 21.0 Å². The van der Waals surface area contributed by atoms with E-state index in [0.29, 0.717) is 0 Å². The minimum Gasteiger partial charge on any atom is -0.455 e. The Morgan fingerprint density at radius 2 is 1.52 bits per heavy atom. The van der Waals surface area contributed by atoms with E-state index in [9.17, 15) is 0 Å². The molecular formula is C25H13NOS2. The summed E-state index contributed by atoms with van der Waals surface area (Å²) in [6.07, 6.45) is 0. The first-order chi connectivity index (χ1) is 14.4. The van der Waals surface area contributed by atoms with Gasteiger partial charge in [-0.1, -0.05) is 60.7 Å². The number of rotatable bonds is 1. The van der Waals surface area contributed by atoms with Gasteiger partial charge in [-0.05, 0) is 29.0 Å². The van der Waals surface area contributed by atoms with Crippen LogP contribution in [0.3, 0.4) is 0 Å². The zero-order chi connectivity index (χ0) is 18.9. The molecule has 0 spiro atoms. The van der Waals surface area contributed by atoms with E-state index in [2.05, 4.69) is 78.9 Å². The monoisotopic (exact) mass is 407 g/mol. The van der Waals surface area contributed by atoms with Crippen LogP contribution in [0.4, 0.5) is 0 Å². The number of thiazole rings is 1. The summed E-state index contributed by atoms with van der Waals surface area (Å²) in [6.45, 7) is 0. The topological polar surface area (TPSA) is 26.0 Å². The minimum absolute atomic E-state index is 0.921. The van der Waals surface area contributed by atoms with Gasteiger partial charge in [-0.3, -0.25) is 0 Å². The van der Waals surface area contributed by atoms with Crippen LogP contribution in [0, 0.1) is 0 Å². The second-order valence-electron chi connectivity index (χ2n) is 7.20. The minimum atomic E-state index is 0.921. The summed E-state index contributed by atoms with van der Waals surface area (Å²) in [6, 6.07) is 27.6. The van der Waals surface area contributed by atoms with Crippen LogP contribution in [-0.4, -0.2) is 4.98 Å². The molecule has 0 aliphatic heterocycles. The van der Waals surface area contributed by atoms with Crippen LogP contribution in [0.25, 0.3) is 62.9 Å². The lowest BCUT2D eigenvalue weighted by atomic mass is 10.0. The van der Waals surface area contributed by atoms with Gasteiger partial charge in [0, 0.05) is 20.9 Å². The lowest BCUT2D eigenvalue weighted by Gasteiger charge is -1.99. The number of hydrogen-bond acceptors (Lipinski definition) is 4. The fourth-order valence-electron chi connectivity index (χ4n) is 4.24. The Bertz CT molecular complexity index is 1720. The first-order valence-corrected chi connectivity index (χ1v) is 11.1. The van der Waals surface area contributed by atoms with Gasteiger partial charge < -0.3 is 4.42 Å². The maximum absolute atomic E-state index is 6.38. The second kappa shape index (κ2) is 5.66. The Morgan fingerprint density at radius 1 is 0.690 bits per heavy atom. The smallest absolute Gasteiger partial charge is 0.145 e. The van der Waals surface area contributed by atoms with E-state index in [1.165, 1.54) is 30.9 Å². The lowest BCUT2D eigenvalue weighted by Crippen LogP contribution is -1.77. The van der Waals surface area contributed by atoms with Gasteiger partial charge in [0.05, 0.1) is 10.3 Å². The first kappa shape index (κ1) is 15.7. The maximum Gasteiger partial charge on any atom is 0.145 e. The van der Waals surface area contributed by atoms with Gasteiger partial charge in [-0.25, -0.2) is 4.98 Å². The van der Waals surface area contributed by atoms with Crippen molar-refractivity contribution in [3.8, 4) is 10.6 Å². The summed E-state index contributed by atoms with van der Waals surface area (Å²) in [4.78, 5) is 6.08. The molecule has 7 aromatic rings. The highest BCUT2D eigenvalue weighted by molar-refractivity contribution is 7.33. The normalized spacial score (nSPS) is 12.1. The van der Waals surface area contributed by atoms with Crippen LogP contribution in [-0.2, 0) is 0 Å². The van der Waals surface area contributed by atoms with Crippen LogP contribution in [0.1, 0.15) is 0 Å². The third-order valence-corrected chi connectivity index (χ3v) is 7.87. The Balaban J connectivity index is 1.56.